The highest BCUT2D eigenvalue weighted by Gasteiger charge is 2.38. The zero-order valence-electron chi connectivity index (χ0n) is 10.4. The molecule has 1 aromatic carbocycles. The Balaban J connectivity index is 2.21. The fourth-order valence-electron chi connectivity index (χ4n) is 2.04. The molecule has 0 unspecified atom stereocenters. The van der Waals surface area contributed by atoms with Crippen molar-refractivity contribution in [2.24, 2.45) is 0 Å². The molecule has 1 fully saturated rings. The summed E-state index contributed by atoms with van der Waals surface area (Å²) in [6.45, 7) is 3.83. The molecule has 18 heavy (non-hydrogen) atoms. The van der Waals surface area contributed by atoms with Gasteiger partial charge >= 0.3 is 0 Å². The second-order valence-electron chi connectivity index (χ2n) is 4.93. The number of rotatable bonds is 2. The smallest absolute Gasteiger partial charge is 0.248 e. The molecule has 4 nitrogen and oxygen atoms in total. The maximum atomic E-state index is 12.2. The minimum absolute atomic E-state index is 0.0769. The highest BCUT2D eigenvalue weighted by atomic mass is 35.5. The van der Waals surface area contributed by atoms with Crippen LogP contribution >= 0.6 is 11.6 Å². The first-order valence-corrected chi connectivity index (χ1v) is 6.12. The Bertz CT molecular complexity index is 500. The van der Waals surface area contributed by atoms with Gasteiger partial charge in [-0.15, -0.1) is 0 Å². The molecule has 2 rings (SSSR count). The van der Waals surface area contributed by atoms with Crippen LogP contribution in [0, 0.1) is 0 Å². The van der Waals surface area contributed by atoms with E-state index in [2.05, 4.69) is 5.32 Å². The highest BCUT2D eigenvalue weighted by molar-refractivity contribution is 6.31. The molecule has 0 radical (unpaired) electrons. The second-order valence-corrected chi connectivity index (χ2v) is 5.33. The normalized spacial score (nSPS) is 18.7. The van der Waals surface area contributed by atoms with Crippen LogP contribution in [-0.2, 0) is 16.1 Å². The molecule has 1 saturated heterocycles. The summed E-state index contributed by atoms with van der Waals surface area (Å²) in [4.78, 5) is 25.3. The zero-order chi connectivity index (χ0) is 13.3. The van der Waals surface area contributed by atoms with Gasteiger partial charge in [-0.05, 0) is 25.5 Å². The van der Waals surface area contributed by atoms with Crippen molar-refractivity contribution >= 4 is 23.4 Å². The van der Waals surface area contributed by atoms with Crippen molar-refractivity contribution in [3.8, 4) is 0 Å². The predicted molar refractivity (Wildman–Crippen MR) is 69.1 cm³/mol. The van der Waals surface area contributed by atoms with Gasteiger partial charge in [-0.2, -0.15) is 0 Å². The highest BCUT2D eigenvalue weighted by Crippen LogP contribution is 2.20. The summed E-state index contributed by atoms with van der Waals surface area (Å²) in [5.74, 6) is -0.242. The van der Waals surface area contributed by atoms with Gasteiger partial charge in [0.2, 0.25) is 11.8 Å². The van der Waals surface area contributed by atoms with E-state index in [1.54, 1.807) is 19.9 Å². The van der Waals surface area contributed by atoms with Gasteiger partial charge in [0.1, 0.15) is 5.54 Å². The first-order chi connectivity index (χ1) is 8.40. The van der Waals surface area contributed by atoms with E-state index in [1.165, 1.54) is 4.90 Å². The third kappa shape index (κ3) is 2.48. The summed E-state index contributed by atoms with van der Waals surface area (Å²) in [6.07, 6.45) is 0. The van der Waals surface area contributed by atoms with Gasteiger partial charge in [-0.3, -0.25) is 9.59 Å². The van der Waals surface area contributed by atoms with E-state index < -0.39 is 5.54 Å². The number of piperazine rings is 1. The Labute approximate surface area is 111 Å². The van der Waals surface area contributed by atoms with E-state index in [9.17, 15) is 9.59 Å². The lowest BCUT2D eigenvalue weighted by Gasteiger charge is -2.37. The molecule has 0 aliphatic carbocycles. The Kier molecular flexibility index (Phi) is 3.30. The zero-order valence-corrected chi connectivity index (χ0v) is 11.1. The average Bonchev–Trinajstić information content (AvgIpc) is 2.27. The summed E-state index contributed by atoms with van der Waals surface area (Å²) in [5.41, 5.74) is -0.00522. The van der Waals surface area contributed by atoms with Crippen molar-refractivity contribution in [3.63, 3.8) is 0 Å². The van der Waals surface area contributed by atoms with Crippen LogP contribution in [0.2, 0.25) is 5.02 Å². The Morgan fingerprint density at radius 2 is 2.00 bits per heavy atom. The summed E-state index contributed by atoms with van der Waals surface area (Å²) < 4.78 is 0. The molecule has 0 bridgehead atoms. The summed E-state index contributed by atoms with van der Waals surface area (Å²) >= 11 is 6.06. The van der Waals surface area contributed by atoms with Gasteiger partial charge in [0.25, 0.3) is 0 Å². The molecule has 0 saturated carbocycles. The van der Waals surface area contributed by atoms with Gasteiger partial charge in [-0.25, -0.2) is 0 Å². The molecule has 96 valence electrons. The number of hydrogen-bond donors (Lipinski definition) is 1. The van der Waals surface area contributed by atoms with Crippen molar-refractivity contribution in [2.45, 2.75) is 25.9 Å². The molecule has 2 amide bonds. The van der Waals surface area contributed by atoms with E-state index in [0.717, 1.165) is 5.56 Å². The van der Waals surface area contributed by atoms with Crippen LogP contribution < -0.4 is 5.32 Å². The standard InChI is InChI=1S/C13H15ClN2O2/c1-13(2)12(18)16(8-11(17)15-13)7-9-5-3-4-6-10(9)14/h3-6H,7-8H2,1-2H3,(H,15,17). The van der Waals surface area contributed by atoms with E-state index in [0.29, 0.717) is 11.6 Å². The SMILES string of the molecule is CC1(C)NC(=O)CN(Cc2ccccc2Cl)C1=O. The molecule has 1 aliphatic rings. The van der Waals surface area contributed by atoms with Crippen LogP contribution in [0.4, 0.5) is 0 Å². The Hall–Kier alpha value is -1.55. The lowest BCUT2D eigenvalue weighted by Crippen LogP contribution is -2.63. The van der Waals surface area contributed by atoms with Crippen LogP contribution in [0.25, 0.3) is 0 Å². The third-order valence-electron chi connectivity index (χ3n) is 2.93. The molecular weight excluding hydrogens is 252 g/mol. The fourth-order valence-corrected chi connectivity index (χ4v) is 2.24. The molecule has 0 aromatic heterocycles. The van der Waals surface area contributed by atoms with Crippen molar-refractivity contribution in [2.75, 3.05) is 6.54 Å². The van der Waals surface area contributed by atoms with E-state index in [4.69, 9.17) is 11.6 Å². The van der Waals surface area contributed by atoms with E-state index >= 15 is 0 Å². The third-order valence-corrected chi connectivity index (χ3v) is 3.30. The first-order valence-electron chi connectivity index (χ1n) is 5.74. The predicted octanol–water partition coefficient (Wildman–Crippen LogP) is 1.58. The largest absolute Gasteiger partial charge is 0.341 e. The number of carbonyl (C=O) groups excluding carboxylic acids is 2. The van der Waals surface area contributed by atoms with Gasteiger partial charge < -0.3 is 10.2 Å². The van der Waals surface area contributed by atoms with E-state index in [1.807, 2.05) is 18.2 Å². The van der Waals surface area contributed by atoms with Crippen LogP contribution in [0.1, 0.15) is 19.4 Å². The number of nitrogens with one attached hydrogen (secondary N) is 1. The van der Waals surface area contributed by atoms with Crippen LogP contribution in [0.15, 0.2) is 24.3 Å². The van der Waals surface area contributed by atoms with Gasteiger partial charge in [-0.1, -0.05) is 29.8 Å². The lowest BCUT2D eigenvalue weighted by atomic mass is 10.00. The minimum Gasteiger partial charge on any atom is -0.341 e. The van der Waals surface area contributed by atoms with Gasteiger partial charge in [0.15, 0.2) is 0 Å². The van der Waals surface area contributed by atoms with Gasteiger partial charge in [0, 0.05) is 11.6 Å². The summed E-state index contributed by atoms with van der Waals surface area (Å²) in [7, 11) is 0. The fraction of sp³-hybridized carbons (Fsp3) is 0.385. The number of carbonyl (C=O) groups is 2. The molecule has 1 aliphatic heterocycles. The maximum Gasteiger partial charge on any atom is 0.248 e. The van der Waals surface area contributed by atoms with Crippen LogP contribution in [-0.4, -0.2) is 28.8 Å². The summed E-state index contributed by atoms with van der Waals surface area (Å²) in [5, 5.41) is 3.28. The van der Waals surface area contributed by atoms with Crippen molar-refractivity contribution in [1.29, 1.82) is 0 Å². The summed E-state index contributed by atoms with van der Waals surface area (Å²) in [6, 6.07) is 7.33. The molecule has 1 N–H and O–H groups in total. The van der Waals surface area contributed by atoms with Gasteiger partial charge in [0.05, 0.1) is 6.54 Å². The topological polar surface area (TPSA) is 49.4 Å². The second kappa shape index (κ2) is 4.61. The van der Waals surface area contributed by atoms with Crippen LogP contribution in [0.3, 0.4) is 0 Å². The van der Waals surface area contributed by atoms with Crippen LogP contribution in [0.5, 0.6) is 0 Å². The van der Waals surface area contributed by atoms with E-state index in [-0.39, 0.29) is 18.4 Å². The average molecular weight is 267 g/mol. The molecule has 1 heterocycles. The van der Waals surface area contributed by atoms with Crippen molar-refractivity contribution in [3.05, 3.63) is 34.9 Å². The van der Waals surface area contributed by atoms with Crippen molar-refractivity contribution in [1.82, 2.24) is 10.2 Å². The number of amides is 2. The first kappa shape index (κ1) is 12.9. The Morgan fingerprint density at radius 1 is 1.33 bits per heavy atom. The number of nitrogens with zero attached hydrogens (tertiary/aromatic N) is 1. The number of benzene rings is 1. The molecule has 0 atom stereocenters. The molecule has 5 heteroatoms. The minimum atomic E-state index is -0.851. The molecule has 1 aromatic rings. The number of halogens is 1. The number of hydrogen-bond acceptors (Lipinski definition) is 2. The lowest BCUT2D eigenvalue weighted by molar-refractivity contribution is -0.148. The monoisotopic (exact) mass is 266 g/mol. The quantitative estimate of drug-likeness (QED) is 0.884. The Morgan fingerprint density at radius 3 is 2.67 bits per heavy atom. The molecular formula is C13H15ClN2O2. The van der Waals surface area contributed by atoms with Crippen molar-refractivity contribution < 1.29 is 9.59 Å². The maximum absolute atomic E-state index is 12.2. The molecule has 0 spiro atoms.